The normalized spacial score (nSPS) is 11.0. The first kappa shape index (κ1) is 17.6. The van der Waals surface area contributed by atoms with E-state index < -0.39 is 41.4 Å². The van der Waals surface area contributed by atoms with E-state index in [1.807, 2.05) is 0 Å². The highest BCUT2D eigenvalue weighted by atomic mass is 19.4. The molecule has 0 saturated heterocycles. The smallest absolute Gasteiger partial charge is 0.417 e. The maximum Gasteiger partial charge on any atom is 0.417 e. The summed E-state index contributed by atoms with van der Waals surface area (Å²) in [4.78, 5) is 37.7. The molecule has 0 radical (unpaired) electrons. The number of carbonyl (C=O) groups is 3. The number of aromatic nitrogens is 1. The van der Waals surface area contributed by atoms with E-state index >= 15 is 0 Å². The molecule has 0 spiro atoms. The van der Waals surface area contributed by atoms with Crippen LogP contribution < -0.4 is 5.32 Å². The summed E-state index contributed by atoms with van der Waals surface area (Å²) >= 11 is 0. The van der Waals surface area contributed by atoms with Crippen molar-refractivity contribution < 1.29 is 32.3 Å². The summed E-state index contributed by atoms with van der Waals surface area (Å²) < 4.78 is 42.6. The Bertz CT molecular complexity index is 599. The van der Waals surface area contributed by atoms with Crippen LogP contribution in [0.15, 0.2) is 12.3 Å². The van der Waals surface area contributed by atoms with Gasteiger partial charge in [0.15, 0.2) is 5.78 Å². The minimum Gasteiger partial charge on any atom is -0.466 e. The molecule has 6 nitrogen and oxygen atoms in total. The third-order valence-electron chi connectivity index (χ3n) is 2.42. The summed E-state index contributed by atoms with van der Waals surface area (Å²) in [5, 5.41) is 2.15. The van der Waals surface area contributed by atoms with E-state index in [2.05, 4.69) is 15.0 Å². The maximum absolute atomic E-state index is 12.7. The Morgan fingerprint density at radius 3 is 2.45 bits per heavy atom. The van der Waals surface area contributed by atoms with Crippen molar-refractivity contribution in [1.82, 2.24) is 4.98 Å². The fraction of sp³-hybridized carbons (Fsp3) is 0.385. The molecule has 0 fully saturated rings. The number of nitrogens with one attached hydrogen (secondary N) is 1. The van der Waals surface area contributed by atoms with Gasteiger partial charge in [-0.25, -0.2) is 4.98 Å². The number of esters is 1. The second-order valence-electron chi connectivity index (χ2n) is 4.20. The monoisotopic (exact) mass is 318 g/mol. The van der Waals surface area contributed by atoms with Gasteiger partial charge in [0.05, 0.1) is 17.7 Å². The standard InChI is InChI=1S/C13H13F3N2O4/c1-3-22-11(21)5-10(20)9-4-8(13(14,15)16)6-17-12(9)18-7(2)19/h4,6H,3,5H2,1-2H3,(H,17,18,19). The van der Waals surface area contributed by atoms with Crippen molar-refractivity contribution in [2.24, 2.45) is 0 Å². The van der Waals surface area contributed by atoms with Crippen LogP contribution in [0.3, 0.4) is 0 Å². The molecule has 120 valence electrons. The van der Waals surface area contributed by atoms with Crippen LogP contribution in [0.4, 0.5) is 19.0 Å². The molecular weight excluding hydrogens is 305 g/mol. The summed E-state index contributed by atoms with van der Waals surface area (Å²) in [5.41, 5.74) is -1.66. The number of halogens is 3. The lowest BCUT2D eigenvalue weighted by Gasteiger charge is -2.12. The number of ketones is 1. The van der Waals surface area contributed by atoms with Gasteiger partial charge >= 0.3 is 12.1 Å². The number of Topliss-reactive ketones (excluding diaryl/α,β-unsaturated/α-hetero) is 1. The lowest BCUT2D eigenvalue weighted by molar-refractivity contribution is -0.142. The highest BCUT2D eigenvalue weighted by molar-refractivity contribution is 6.10. The number of ether oxygens (including phenoxy) is 1. The van der Waals surface area contributed by atoms with Gasteiger partial charge in [-0.1, -0.05) is 0 Å². The second kappa shape index (κ2) is 7.01. The molecule has 1 aromatic rings. The summed E-state index contributed by atoms with van der Waals surface area (Å²) in [7, 11) is 0. The minimum atomic E-state index is -4.71. The van der Waals surface area contributed by atoms with Crippen LogP contribution in [-0.4, -0.2) is 29.3 Å². The first-order chi connectivity index (χ1) is 10.1. The quantitative estimate of drug-likeness (QED) is 0.511. The molecule has 0 saturated carbocycles. The Morgan fingerprint density at radius 2 is 1.95 bits per heavy atom. The zero-order valence-electron chi connectivity index (χ0n) is 11.8. The fourth-order valence-corrected chi connectivity index (χ4v) is 1.54. The highest BCUT2D eigenvalue weighted by Crippen LogP contribution is 2.31. The van der Waals surface area contributed by atoms with Gasteiger partial charge in [0.2, 0.25) is 5.91 Å². The Hall–Kier alpha value is -2.45. The number of hydrogen-bond acceptors (Lipinski definition) is 5. The van der Waals surface area contributed by atoms with Gasteiger partial charge in [-0.2, -0.15) is 13.2 Å². The Morgan fingerprint density at radius 1 is 1.32 bits per heavy atom. The molecule has 0 unspecified atom stereocenters. The molecule has 0 aliphatic heterocycles. The van der Waals surface area contributed by atoms with Crippen molar-refractivity contribution in [1.29, 1.82) is 0 Å². The zero-order chi connectivity index (χ0) is 16.9. The summed E-state index contributed by atoms with van der Waals surface area (Å²) in [6.07, 6.45) is -4.96. The average Bonchev–Trinajstić information content (AvgIpc) is 2.37. The van der Waals surface area contributed by atoms with E-state index in [0.29, 0.717) is 12.3 Å². The molecule has 0 aliphatic carbocycles. The van der Waals surface area contributed by atoms with Crippen molar-refractivity contribution in [3.8, 4) is 0 Å². The van der Waals surface area contributed by atoms with E-state index in [0.717, 1.165) is 6.92 Å². The molecular formula is C13H13F3N2O4. The Kier molecular flexibility index (Phi) is 5.61. The number of alkyl halides is 3. The number of carbonyl (C=O) groups excluding carboxylic acids is 3. The summed E-state index contributed by atoms with van der Waals surface area (Å²) in [5.74, 6) is -2.76. The number of anilines is 1. The molecule has 9 heteroatoms. The number of pyridine rings is 1. The van der Waals surface area contributed by atoms with E-state index in [4.69, 9.17) is 0 Å². The second-order valence-corrected chi connectivity index (χ2v) is 4.20. The molecule has 0 aromatic carbocycles. The van der Waals surface area contributed by atoms with E-state index in [1.165, 1.54) is 6.92 Å². The first-order valence-corrected chi connectivity index (χ1v) is 6.18. The van der Waals surface area contributed by atoms with Crippen molar-refractivity contribution in [2.75, 3.05) is 11.9 Å². The Labute approximate surface area is 123 Å². The molecule has 1 N–H and O–H groups in total. The third-order valence-corrected chi connectivity index (χ3v) is 2.42. The van der Waals surface area contributed by atoms with Crippen LogP contribution in [0.1, 0.15) is 36.2 Å². The molecule has 1 amide bonds. The van der Waals surface area contributed by atoms with Crippen LogP contribution in [0, 0.1) is 0 Å². The summed E-state index contributed by atoms with van der Waals surface area (Å²) in [6, 6.07) is 0.542. The van der Waals surface area contributed by atoms with Crippen LogP contribution in [0.5, 0.6) is 0 Å². The number of rotatable bonds is 5. The largest absolute Gasteiger partial charge is 0.466 e. The lowest BCUT2D eigenvalue weighted by Crippen LogP contribution is -2.18. The first-order valence-electron chi connectivity index (χ1n) is 6.18. The highest BCUT2D eigenvalue weighted by Gasteiger charge is 2.33. The van der Waals surface area contributed by atoms with E-state index in [1.54, 1.807) is 0 Å². The lowest BCUT2D eigenvalue weighted by atomic mass is 10.1. The van der Waals surface area contributed by atoms with Crippen molar-refractivity contribution >= 4 is 23.5 Å². The molecule has 0 aliphatic rings. The molecule has 1 aromatic heterocycles. The van der Waals surface area contributed by atoms with Gasteiger partial charge in [0, 0.05) is 13.1 Å². The Balaban J connectivity index is 3.18. The van der Waals surface area contributed by atoms with Crippen LogP contribution in [0.2, 0.25) is 0 Å². The van der Waals surface area contributed by atoms with Gasteiger partial charge in [-0.05, 0) is 13.0 Å². The van der Waals surface area contributed by atoms with E-state index in [9.17, 15) is 27.6 Å². The fourth-order valence-electron chi connectivity index (χ4n) is 1.54. The van der Waals surface area contributed by atoms with Crippen LogP contribution >= 0.6 is 0 Å². The van der Waals surface area contributed by atoms with Gasteiger partial charge in [0.1, 0.15) is 12.2 Å². The van der Waals surface area contributed by atoms with Crippen molar-refractivity contribution in [3.05, 3.63) is 23.4 Å². The minimum absolute atomic E-state index is 0.0332. The third kappa shape index (κ3) is 4.83. The van der Waals surface area contributed by atoms with Gasteiger partial charge in [-0.3, -0.25) is 14.4 Å². The summed E-state index contributed by atoms with van der Waals surface area (Å²) in [6.45, 7) is 2.67. The van der Waals surface area contributed by atoms with E-state index in [-0.39, 0.29) is 12.4 Å². The maximum atomic E-state index is 12.7. The van der Waals surface area contributed by atoms with Crippen LogP contribution in [-0.2, 0) is 20.5 Å². The molecule has 1 heterocycles. The number of hydrogen-bond donors (Lipinski definition) is 1. The topological polar surface area (TPSA) is 85.4 Å². The van der Waals surface area contributed by atoms with Gasteiger partial charge in [-0.15, -0.1) is 0 Å². The molecule has 1 rings (SSSR count). The van der Waals surface area contributed by atoms with Gasteiger partial charge in [0.25, 0.3) is 0 Å². The van der Waals surface area contributed by atoms with Crippen molar-refractivity contribution in [3.63, 3.8) is 0 Å². The number of nitrogens with zero attached hydrogens (tertiary/aromatic N) is 1. The molecule has 22 heavy (non-hydrogen) atoms. The molecule has 0 atom stereocenters. The average molecular weight is 318 g/mol. The van der Waals surface area contributed by atoms with Crippen molar-refractivity contribution in [2.45, 2.75) is 26.4 Å². The predicted molar refractivity (Wildman–Crippen MR) is 69.1 cm³/mol. The predicted octanol–water partition coefficient (Wildman–Crippen LogP) is 2.19. The zero-order valence-corrected chi connectivity index (χ0v) is 11.8. The number of amides is 1. The van der Waals surface area contributed by atoms with Crippen LogP contribution in [0.25, 0.3) is 0 Å². The SMILES string of the molecule is CCOC(=O)CC(=O)c1cc(C(F)(F)F)cnc1NC(C)=O. The molecule has 0 bridgehead atoms. The van der Waals surface area contributed by atoms with Gasteiger partial charge < -0.3 is 10.1 Å².